The molecule has 4 heteroatoms. The van der Waals surface area contributed by atoms with Gasteiger partial charge in [-0.15, -0.1) is 0 Å². The molecule has 1 aliphatic heterocycles. The Morgan fingerprint density at radius 2 is 2.17 bits per heavy atom. The SMILES string of the molecule is COc1ccccc1C(O)CN1CCCNCC1. The monoisotopic (exact) mass is 250 g/mol. The number of nitrogens with one attached hydrogen (secondary N) is 1. The summed E-state index contributed by atoms with van der Waals surface area (Å²) in [5.74, 6) is 0.762. The summed E-state index contributed by atoms with van der Waals surface area (Å²) in [6, 6.07) is 7.68. The number of ether oxygens (including phenoxy) is 1. The molecule has 18 heavy (non-hydrogen) atoms. The molecule has 1 heterocycles. The minimum atomic E-state index is -0.487. The van der Waals surface area contributed by atoms with E-state index in [2.05, 4.69) is 10.2 Å². The van der Waals surface area contributed by atoms with Gasteiger partial charge in [0, 0.05) is 25.2 Å². The fourth-order valence-corrected chi connectivity index (χ4v) is 2.37. The molecule has 1 unspecified atom stereocenters. The first-order valence-corrected chi connectivity index (χ1v) is 6.55. The first-order valence-electron chi connectivity index (χ1n) is 6.55. The normalized spacial score (nSPS) is 19.2. The zero-order valence-corrected chi connectivity index (χ0v) is 10.9. The first-order chi connectivity index (χ1) is 8.81. The van der Waals surface area contributed by atoms with Crippen molar-refractivity contribution in [2.75, 3.05) is 39.8 Å². The van der Waals surface area contributed by atoms with Crippen molar-refractivity contribution in [3.05, 3.63) is 29.8 Å². The van der Waals surface area contributed by atoms with Gasteiger partial charge in [-0.25, -0.2) is 0 Å². The van der Waals surface area contributed by atoms with Gasteiger partial charge in [0.15, 0.2) is 0 Å². The van der Waals surface area contributed by atoms with Gasteiger partial charge in [0.1, 0.15) is 5.75 Å². The van der Waals surface area contributed by atoms with Gasteiger partial charge in [0.2, 0.25) is 0 Å². The molecule has 100 valence electrons. The molecule has 1 aliphatic rings. The maximum Gasteiger partial charge on any atom is 0.124 e. The van der Waals surface area contributed by atoms with Crippen LogP contribution >= 0.6 is 0 Å². The zero-order valence-electron chi connectivity index (χ0n) is 10.9. The summed E-state index contributed by atoms with van der Waals surface area (Å²) < 4.78 is 5.29. The molecule has 2 rings (SSSR count). The number of para-hydroxylation sites is 1. The van der Waals surface area contributed by atoms with E-state index in [1.807, 2.05) is 24.3 Å². The van der Waals surface area contributed by atoms with E-state index >= 15 is 0 Å². The van der Waals surface area contributed by atoms with Crippen LogP contribution in [0.4, 0.5) is 0 Å². The van der Waals surface area contributed by atoms with Crippen LogP contribution in [0.5, 0.6) is 5.75 Å². The zero-order chi connectivity index (χ0) is 12.8. The Morgan fingerprint density at radius 1 is 1.33 bits per heavy atom. The molecule has 0 aromatic heterocycles. The van der Waals surface area contributed by atoms with Crippen LogP contribution in [0.25, 0.3) is 0 Å². The number of rotatable bonds is 4. The summed E-state index contributed by atoms with van der Waals surface area (Å²) in [5.41, 5.74) is 0.872. The minimum Gasteiger partial charge on any atom is -0.496 e. The van der Waals surface area contributed by atoms with E-state index in [9.17, 15) is 5.11 Å². The molecular weight excluding hydrogens is 228 g/mol. The van der Waals surface area contributed by atoms with E-state index < -0.39 is 6.10 Å². The maximum absolute atomic E-state index is 10.3. The van der Waals surface area contributed by atoms with E-state index in [-0.39, 0.29) is 0 Å². The Hall–Kier alpha value is -1.10. The Kier molecular flexibility index (Phi) is 4.99. The molecule has 1 aromatic rings. The molecule has 2 N–H and O–H groups in total. The number of β-amino-alcohol motifs (C(OH)–C–C–N with tert-alkyl or cyclic N) is 1. The molecule has 1 fully saturated rings. The largest absolute Gasteiger partial charge is 0.496 e. The summed E-state index contributed by atoms with van der Waals surface area (Å²) in [4.78, 5) is 2.30. The quantitative estimate of drug-likeness (QED) is 0.837. The van der Waals surface area contributed by atoms with Crippen LogP contribution in [0.15, 0.2) is 24.3 Å². The molecule has 0 saturated carbocycles. The molecule has 1 atom stereocenters. The molecule has 1 aromatic carbocycles. The molecular formula is C14H22N2O2. The van der Waals surface area contributed by atoms with E-state index in [1.165, 1.54) is 0 Å². The van der Waals surface area contributed by atoms with Gasteiger partial charge in [0.25, 0.3) is 0 Å². The Balaban J connectivity index is 1.99. The third kappa shape index (κ3) is 3.45. The Morgan fingerprint density at radius 3 is 3.00 bits per heavy atom. The number of hydrogen-bond donors (Lipinski definition) is 2. The minimum absolute atomic E-state index is 0.487. The van der Waals surface area contributed by atoms with E-state index in [4.69, 9.17) is 4.74 Å². The fourth-order valence-electron chi connectivity index (χ4n) is 2.37. The van der Waals surface area contributed by atoms with Gasteiger partial charge >= 0.3 is 0 Å². The molecule has 0 radical (unpaired) electrons. The number of methoxy groups -OCH3 is 1. The molecule has 1 saturated heterocycles. The average Bonchev–Trinajstić information content (AvgIpc) is 2.67. The summed E-state index contributed by atoms with van der Waals surface area (Å²) >= 11 is 0. The van der Waals surface area contributed by atoms with Crippen LogP contribution in [0.2, 0.25) is 0 Å². The van der Waals surface area contributed by atoms with Crippen LogP contribution in [0.3, 0.4) is 0 Å². The lowest BCUT2D eigenvalue weighted by atomic mass is 10.1. The lowest BCUT2D eigenvalue weighted by molar-refractivity contribution is 0.114. The van der Waals surface area contributed by atoms with Crippen molar-refractivity contribution in [2.24, 2.45) is 0 Å². The molecule has 0 amide bonds. The number of nitrogens with zero attached hydrogens (tertiary/aromatic N) is 1. The first kappa shape index (κ1) is 13.3. The smallest absolute Gasteiger partial charge is 0.124 e. The maximum atomic E-state index is 10.3. The Labute approximate surface area is 109 Å². The Bertz CT molecular complexity index is 363. The highest BCUT2D eigenvalue weighted by Gasteiger charge is 2.17. The average molecular weight is 250 g/mol. The van der Waals surface area contributed by atoms with Crippen LogP contribution < -0.4 is 10.1 Å². The van der Waals surface area contributed by atoms with Gasteiger partial charge < -0.3 is 15.2 Å². The van der Waals surface area contributed by atoms with E-state index in [0.29, 0.717) is 6.54 Å². The van der Waals surface area contributed by atoms with Crippen LogP contribution in [-0.2, 0) is 0 Å². The molecule has 0 bridgehead atoms. The fraction of sp³-hybridized carbons (Fsp3) is 0.571. The second kappa shape index (κ2) is 6.73. The van der Waals surface area contributed by atoms with Crippen LogP contribution in [0, 0.1) is 0 Å². The van der Waals surface area contributed by atoms with Gasteiger partial charge in [-0.3, -0.25) is 4.90 Å². The van der Waals surface area contributed by atoms with Crippen molar-refractivity contribution in [1.82, 2.24) is 10.2 Å². The number of aliphatic hydroxyl groups is 1. The van der Waals surface area contributed by atoms with Gasteiger partial charge in [-0.1, -0.05) is 18.2 Å². The highest BCUT2D eigenvalue weighted by Crippen LogP contribution is 2.25. The van der Waals surface area contributed by atoms with Gasteiger partial charge in [-0.2, -0.15) is 0 Å². The van der Waals surface area contributed by atoms with Gasteiger partial charge in [0.05, 0.1) is 13.2 Å². The van der Waals surface area contributed by atoms with Crippen molar-refractivity contribution in [3.8, 4) is 5.75 Å². The predicted octanol–water partition coefficient (Wildman–Crippen LogP) is 1.02. The van der Waals surface area contributed by atoms with Crippen molar-refractivity contribution in [1.29, 1.82) is 0 Å². The van der Waals surface area contributed by atoms with E-state index in [1.54, 1.807) is 7.11 Å². The van der Waals surface area contributed by atoms with Crippen molar-refractivity contribution in [3.63, 3.8) is 0 Å². The second-order valence-electron chi connectivity index (χ2n) is 4.66. The lowest BCUT2D eigenvalue weighted by Gasteiger charge is -2.24. The second-order valence-corrected chi connectivity index (χ2v) is 4.66. The topological polar surface area (TPSA) is 44.7 Å². The number of aliphatic hydroxyl groups excluding tert-OH is 1. The highest BCUT2D eigenvalue weighted by molar-refractivity contribution is 5.35. The van der Waals surface area contributed by atoms with Crippen LogP contribution in [0.1, 0.15) is 18.1 Å². The molecule has 4 nitrogen and oxygen atoms in total. The van der Waals surface area contributed by atoms with Crippen molar-refractivity contribution in [2.45, 2.75) is 12.5 Å². The third-order valence-electron chi connectivity index (χ3n) is 3.36. The summed E-state index contributed by atoms with van der Waals surface area (Å²) in [7, 11) is 1.64. The third-order valence-corrected chi connectivity index (χ3v) is 3.36. The van der Waals surface area contributed by atoms with Crippen molar-refractivity contribution >= 4 is 0 Å². The summed E-state index contributed by atoms with van der Waals surface area (Å²) in [6.45, 7) is 4.77. The van der Waals surface area contributed by atoms with Crippen LogP contribution in [-0.4, -0.2) is 49.8 Å². The number of benzene rings is 1. The van der Waals surface area contributed by atoms with Crippen molar-refractivity contribution < 1.29 is 9.84 Å². The summed E-state index contributed by atoms with van der Waals surface area (Å²) in [5, 5.41) is 13.7. The molecule has 0 spiro atoms. The standard InChI is InChI=1S/C14H22N2O2/c1-18-14-6-3-2-5-12(14)13(17)11-16-9-4-7-15-8-10-16/h2-3,5-6,13,15,17H,4,7-11H2,1H3. The molecule has 0 aliphatic carbocycles. The predicted molar refractivity (Wildman–Crippen MR) is 71.9 cm³/mol. The lowest BCUT2D eigenvalue weighted by Crippen LogP contribution is -2.32. The van der Waals surface area contributed by atoms with Gasteiger partial charge in [-0.05, 0) is 25.6 Å². The summed E-state index contributed by atoms with van der Waals surface area (Å²) in [6.07, 6.45) is 0.651. The highest BCUT2D eigenvalue weighted by atomic mass is 16.5. The van der Waals surface area contributed by atoms with E-state index in [0.717, 1.165) is 43.9 Å². The number of hydrogen-bond acceptors (Lipinski definition) is 4.